The SMILES string of the molecule is CC(C)(C)C(O)CC(O)C(C)(C)C(F)(F)F.[Ti]. The van der Waals surface area contributed by atoms with Gasteiger partial charge >= 0.3 is 6.18 Å². The molecule has 0 aliphatic heterocycles. The molecule has 2 unspecified atom stereocenters. The van der Waals surface area contributed by atoms with Crippen molar-refractivity contribution in [2.24, 2.45) is 10.8 Å². The van der Waals surface area contributed by atoms with Crippen molar-refractivity contribution >= 4 is 0 Å². The maximum absolute atomic E-state index is 12.6. The van der Waals surface area contributed by atoms with Crippen LogP contribution < -0.4 is 0 Å². The van der Waals surface area contributed by atoms with Crippen molar-refractivity contribution in [3.63, 3.8) is 0 Å². The quantitative estimate of drug-likeness (QED) is 0.785. The minimum absolute atomic E-state index is 0. The van der Waals surface area contributed by atoms with Gasteiger partial charge in [-0.3, -0.25) is 0 Å². The van der Waals surface area contributed by atoms with Crippen molar-refractivity contribution in [3.05, 3.63) is 0 Å². The third kappa shape index (κ3) is 5.29. The van der Waals surface area contributed by atoms with Gasteiger partial charge < -0.3 is 10.2 Å². The molecule has 0 aromatic rings. The Labute approximate surface area is 115 Å². The largest absolute Gasteiger partial charge is 0.396 e. The molecule has 0 heterocycles. The molecule has 2 atom stereocenters. The molecule has 0 saturated carbocycles. The zero-order chi connectivity index (χ0) is 13.4. The number of rotatable bonds is 3. The van der Waals surface area contributed by atoms with Crippen LogP contribution in [0.1, 0.15) is 41.0 Å². The monoisotopic (exact) mass is 290 g/mol. The maximum atomic E-state index is 12.6. The van der Waals surface area contributed by atoms with E-state index in [1.54, 1.807) is 20.8 Å². The van der Waals surface area contributed by atoms with Gasteiger partial charge in [0, 0.05) is 28.1 Å². The molecule has 0 aliphatic carbocycles. The minimum atomic E-state index is -4.48. The van der Waals surface area contributed by atoms with Gasteiger partial charge in [-0.2, -0.15) is 13.2 Å². The van der Waals surface area contributed by atoms with Crippen molar-refractivity contribution in [1.29, 1.82) is 0 Å². The zero-order valence-electron chi connectivity index (χ0n) is 10.9. The molecule has 0 amide bonds. The van der Waals surface area contributed by atoms with Crippen LogP contribution in [-0.4, -0.2) is 28.6 Å². The second-order valence-electron chi connectivity index (χ2n) is 5.85. The third-order valence-electron chi connectivity index (χ3n) is 3.01. The Balaban J connectivity index is 0. The van der Waals surface area contributed by atoms with Crippen molar-refractivity contribution in [2.45, 2.75) is 59.4 Å². The molecule has 0 radical (unpaired) electrons. The number of hydrogen-bond donors (Lipinski definition) is 2. The molecule has 2 nitrogen and oxygen atoms in total. The fraction of sp³-hybridized carbons (Fsp3) is 1.00. The van der Waals surface area contributed by atoms with Gasteiger partial charge in [0.1, 0.15) is 0 Å². The number of hydrogen-bond acceptors (Lipinski definition) is 2. The van der Waals surface area contributed by atoms with E-state index >= 15 is 0 Å². The first-order valence-electron chi connectivity index (χ1n) is 5.23. The first kappa shape index (κ1) is 19.8. The van der Waals surface area contributed by atoms with Crippen LogP contribution in [0.4, 0.5) is 13.2 Å². The van der Waals surface area contributed by atoms with Crippen molar-refractivity contribution < 1.29 is 45.1 Å². The summed E-state index contributed by atoms with van der Waals surface area (Å²) in [5.74, 6) is 0. The summed E-state index contributed by atoms with van der Waals surface area (Å²) in [5, 5.41) is 19.2. The average Bonchev–Trinajstić information content (AvgIpc) is 1.99. The summed E-state index contributed by atoms with van der Waals surface area (Å²) in [4.78, 5) is 0. The van der Waals surface area contributed by atoms with E-state index in [-0.39, 0.29) is 28.1 Å². The van der Waals surface area contributed by atoms with Gasteiger partial charge in [-0.15, -0.1) is 0 Å². The van der Waals surface area contributed by atoms with Crippen LogP contribution in [0.15, 0.2) is 0 Å². The zero-order valence-corrected chi connectivity index (χ0v) is 12.5. The predicted molar refractivity (Wildman–Crippen MR) is 55.9 cm³/mol. The molecule has 0 spiro atoms. The van der Waals surface area contributed by atoms with Gasteiger partial charge in [0.25, 0.3) is 0 Å². The molecular formula is C11H21F3O2Ti. The first-order valence-corrected chi connectivity index (χ1v) is 5.23. The number of halogens is 3. The van der Waals surface area contributed by atoms with E-state index in [0.29, 0.717) is 0 Å². The van der Waals surface area contributed by atoms with E-state index in [1.807, 2.05) is 0 Å². The van der Waals surface area contributed by atoms with Gasteiger partial charge in [0.2, 0.25) is 0 Å². The second kappa shape index (κ2) is 6.05. The van der Waals surface area contributed by atoms with E-state index in [1.165, 1.54) is 0 Å². The molecule has 0 saturated heterocycles. The topological polar surface area (TPSA) is 40.5 Å². The molecule has 0 fully saturated rings. The Morgan fingerprint density at radius 2 is 1.24 bits per heavy atom. The molecule has 0 aromatic heterocycles. The van der Waals surface area contributed by atoms with Crippen molar-refractivity contribution in [1.82, 2.24) is 0 Å². The molecule has 6 heteroatoms. The normalized spacial score (nSPS) is 17.3. The fourth-order valence-corrected chi connectivity index (χ4v) is 1.05. The number of alkyl halides is 3. The van der Waals surface area contributed by atoms with Crippen LogP contribution in [0.25, 0.3) is 0 Å². The van der Waals surface area contributed by atoms with Crippen LogP contribution in [0.2, 0.25) is 0 Å². The summed E-state index contributed by atoms with van der Waals surface area (Å²) in [6.45, 7) is 7.01. The molecule has 102 valence electrons. The molecule has 0 rings (SSSR count). The molecule has 0 aromatic carbocycles. The van der Waals surface area contributed by atoms with Crippen LogP contribution in [-0.2, 0) is 21.7 Å². The summed E-state index contributed by atoms with van der Waals surface area (Å²) in [7, 11) is 0. The summed E-state index contributed by atoms with van der Waals surface area (Å²) < 4.78 is 37.8. The maximum Gasteiger partial charge on any atom is 0.396 e. The smallest absolute Gasteiger partial charge is 0.392 e. The summed E-state index contributed by atoms with van der Waals surface area (Å²) in [5.41, 5.74) is -2.75. The third-order valence-corrected chi connectivity index (χ3v) is 3.01. The van der Waals surface area contributed by atoms with Gasteiger partial charge in [-0.05, 0) is 19.3 Å². The van der Waals surface area contributed by atoms with E-state index in [4.69, 9.17) is 0 Å². The molecule has 17 heavy (non-hydrogen) atoms. The van der Waals surface area contributed by atoms with Gasteiger partial charge in [0.05, 0.1) is 17.6 Å². The minimum Gasteiger partial charge on any atom is -0.392 e. The van der Waals surface area contributed by atoms with Gasteiger partial charge in [0.15, 0.2) is 0 Å². The van der Waals surface area contributed by atoms with Crippen molar-refractivity contribution in [2.75, 3.05) is 0 Å². The molecule has 0 aliphatic rings. The standard InChI is InChI=1S/C11H21F3O2.Ti/c1-9(2,3)7(15)6-8(16)10(4,5)11(12,13)14;/h7-8,15-16H,6H2,1-5H3;. The molecule has 2 N–H and O–H groups in total. The van der Waals surface area contributed by atoms with Crippen molar-refractivity contribution in [3.8, 4) is 0 Å². The first-order chi connectivity index (χ1) is 6.80. The Morgan fingerprint density at radius 3 is 1.47 bits per heavy atom. The molecule has 0 bridgehead atoms. The van der Waals surface area contributed by atoms with E-state index in [9.17, 15) is 23.4 Å². The van der Waals surface area contributed by atoms with Crippen LogP contribution in [0, 0.1) is 10.8 Å². The summed E-state index contributed by atoms with van der Waals surface area (Å²) in [6.07, 6.45) is -7.34. The Hall–Kier alpha value is 0.424. The summed E-state index contributed by atoms with van der Waals surface area (Å²) in [6, 6.07) is 0. The predicted octanol–water partition coefficient (Wildman–Crippen LogP) is 2.73. The van der Waals surface area contributed by atoms with E-state index < -0.39 is 29.2 Å². The Kier molecular flexibility index (Phi) is 7.03. The number of aliphatic hydroxyl groups is 2. The van der Waals surface area contributed by atoms with E-state index in [0.717, 1.165) is 13.8 Å². The Morgan fingerprint density at radius 1 is 0.882 bits per heavy atom. The number of aliphatic hydroxyl groups excluding tert-OH is 2. The Bertz CT molecular complexity index is 234. The molecular weight excluding hydrogens is 269 g/mol. The fourth-order valence-electron chi connectivity index (χ4n) is 1.05. The van der Waals surface area contributed by atoms with Crippen LogP contribution in [0.5, 0.6) is 0 Å². The van der Waals surface area contributed by atoms with Gasteiger partial charge in [-0.25, -0.2) is 0 Å². The average molecular weight is 290 g/mol. The van der Waals surface area contributed by atoms with Gasteiger partial charge in [-0.1, -0.05) is 20.8 Å². The van der Waals surface area contributed by atoms with Crippen LogP contribution >= 0.6 is 0 Å². The van der Waals surface area contributed by atoms with E-state index in [2.05, 4.69) is 0 Å². The van der Waals surface area contributed by atoms with Crippen LogP contribution in [0.3, 0.4) is 0 Å². The summed E-state index contributed by atoms with van der Waals surface area (Å²) >= 11 is 0. The second-order valence-corrected chi connectivity index (χ2v) is 5.85.